The van der Waals surface area contributed by atoms with E-state index in [0.29, 0.717) is 11.1 Å². The molecule has 0 radical (unpaired) electrons. The number of hydrogen-bond donors (Lipinski definition) is 2. The van der Waals surface area contributed by atoms with Gasteiger partial charge < -0.3 is 18.9 Å². The molecule has 1 atom stereocenters. The Balaban J connectivity index is 1.46. The van der Waals surface area contributed by atoms with E-state index in [4.69, 9.17) is 36.8 Å². The first-order chi connectivity index (χ1) is 21.3. The van der Waals surface area contributed by atoms with Gasteiger partial charge >= 0.3 is 11.8 Å². The van der Waals surface area contributed by atoms with Crippen molar-refractivity contribution >= 4 is 89.5 Å². The molecule has 0 fully saturated rings. The second-order valence-electron chi connectivity index (χ2n) is 9.33. The molecular formula is C27H18BrCl2FN4O8S2. The average molecular weight is 760 g/mol. The van der Waals surface area contributed by atoms with Crippen molar-refractivity contribution in [2.24, 2.45) is 0 Å². The summed E-state index contributed by atoms with van der Waals surface area (Å²) in [6, 6.07) is 9.25. The molecule has 1 unspecified atom stereocenters. The van der Waals surface area contributed by atoms with Crippen molar-refractivity contribution in [2.75, 3.05) is 4.72 Å². The topological polar surface area (TPSA) is 171 Å². The number of fused-ring (bicyclic) bond motifs is 1. The lowest BCUT2D eigenvalue weighted by molar-refractivity contribution is -0.147. The number of nitrogens with zero attached hydrogens (tertiary/aromatic N) is 2. The van der Waals surface area contributed by atoms with Crippen LogP contribution >= 0.6 is 50.9 Å². The summed E-state index contributed by atoms with van der Waals surface area (Å²) in [6.07, 6.45) is -0.182. The molecule has 45 heavy (non-hydrogen) atoms. The first-order valence-corrected chi connectivity index (χ1v) is 16.3. The number of benzene rings is 3. The van der Waals surface area contributed by atoms with Gasteiger partial charge in [-0.25, -0.2) is 22.4 Å². The van der Waals surface area contributed by atoms with Crippen LogP contribution in [0.1, 0.15) is 27.4 Å². The molecule has 0 aliphatic heterocycles. The maximum Gasteiger partial charge on any atom is 0.519 e. The van der Waals surface area contributed by atoms with Gasteiger partial charge in [-0.15, -0.1) is 0 Å². The molecule has 2 heterocycles. The standard InChI is InChI=1S/C27H18BrCl2FN4O8S2/c1-12-22(43-27(38)42-12)11-41-26(37)21(8-13-5-6-18(31)15(28)7-13)32-25(36)14-9-16(29)17(30)10-20(14)35-45(39,40)23-4-2-3-19-24(23)34-44-33-19/h2-7,9-10,21,35H,8,11H2,1H3,(H,32,36). The number of ether oxygens (including phenoxy) is 1. The fourth-order valence-corrected chi connectivity index (χ4v) is 6.68. The van der Waals surface area contributed by atoms with Gasteiger partial charge in [0.05, 0.1) is 37.5 Å². The van der Waals surface area contributed by atoms with Crippen molar-refractivity contribution in [3.8, 4) is 0 Å². The monoisotopic (exact) mass is 758 g/mol. The predicted molar refractivity (Wildman–Crippen MR) is 166 cm³/mol. The molecule has 3 aromatic carbocycles. The van der Waals surface area contributed by atoms with Crippen LogP contribution in [0.4, 0.5) is 10.1 Å². The molecule has 0 saturated heterocycles. The lowest BCUT2D eigenvalue weighted by Gasteiger charge is -2.20. The van der Waals surface area contributed by atoms with Crippen LogP contribution in [0.3, 0.4) is 0 Å². The van der Waals surface area contributed by atoms with Gasteiger partial charge in [0.2, 0.25) is 0 Å². The first-order valence-electron chi connectivity index (χ1n) is 12.6. The van der Waals surface area contributed by atoms with Crippen LogP contribution in [0.15, 0.2) is 71.5 Å². The molecule has 0 bridgehead atoms. The van der Waals surface area contributed by atoms with E-state index in [9.17, 15) is 27.2 Å². The third-order valence-electron chi connectivity index (χ3n) is 6.28. The molecule has 234 valence electrons. The SMILES string of the molecule is Cc1oc(=O)oc1COC(=O)C(Cc1ccc(F)c(Br)c1)NC(=O)c1cc(Cl)c(Cl)cc1NS(=O)(=O)c1cccc2nsnc12. The molecular weight excluding hydrogens is 742 g/mol. The van der Waals surface area contributed by atoms with Crippen LogP contribution in [0, 0.1) is 12.7 Å². The number of amides is 1. The number of carbonyl (C=O) groups excluding carboxylic acids is 2. The van der Waals surface area contributed by atoms with Gasteiger partial charge in [-0.3, -0.25) is 9.52 Å². The lowest BCUT2D eigenvalue weighted by Crippen LogP contribution is -2.43. The molecule has 5 rings (SSSR count). The highest BCUT2D eigenvalue weighted by molar-refractivity contribution is 9.10. The van der Waals surface area contributed by atoms with E-state index < -0.39 is 46.2 Å². The number of carbonyl (C=O) groups is 2. The van der Waals surface area contributed by atoms with Gasteiger partial charge in [-0.1, -0.05) is 35.3 Å². The zero-order valence-electron chi connectivity index (χ0n) is 22.6. The molecule has 0 spiro atoms. The van der Waals surface area contributed by atoms with Crippen molar-refractivity contribution in [1.82, 2.24) is 14.1 Å². The van der Waals surface area contributed by atoms with Crippen molar-refractivity contribution in [2.45, 2.75) is 30.9 Å². The number of halogens is 4. The molecule has 1 amide bonds. The van der Waals surface area contributed by atoms with E-state index in [1.807, 2.05) is 0 Å². The summed E-state index contributed by atoms with van der Waals surface area (Å²) in [4.78, 5) is 38.1. The van der Waals surface area contributed by atoms with Crippen molar-refractivity contribution in [3.63, 3.8) is 0 Å². The van der Waals surface area contributed by atoms with Crippen LogP contribution in [0.2, 0.25) is 10.0 Å². The van der Waals surface area contributed by atoms with E-state index in [0.717, 1.165) is 29.9 Å². The molecule has 2 aromatic heterocycles. The highest BCUT2D eigenvalue weighted by atomic mass is 79.9. The van der Waals surface area contributed by atoms with E-state index in [1.54, 1.807) is 6.07 Å². The highest BCUT2D eigenvalue weighted by Gasteiger charge is 2.28. The molecule has 5 aromatic rings. The summed E-state index contributed by atoms with van der Waals surface area (Å²) in [6.45, 7) is 0.937. The third kappa shape index (κ3) is 7.36. The van der Waals surface area contributed by atoms with E-state index in [2.05, 4.69) is 34.7 Å². The minimum absolute atomic E-state index is 0.0468. The maximum absolute atomic E-state index is 13.9. The second kappa shape index (κ2) is 13.3. The van der Waals surface area contributed by atoms with Crippen molar-refractivity contribution in [3.05, 3.63) is 102 Å². The number of aromatic nitrogens is 2. The Kier molecular flexibility index (Phi) is 9.60. The first kappa shape index (κ1) is 32.6. The van der Waals surface area contributed by atoms with Crippen molar-refractivity contribution in [1.29, 1.82) is 0 Å². The molecule has 12 nitrogen and oxygen atoms in total. The Labute approximate surface area is 276 Å². The lowest BCUT2D eigenvalue weighted by atomic mass is 10.0. The third-order valence-corrected chi connectivity index (χ3v) is 9.55. The Hall–Kier alpha value is -3.83. The fraction of sp³-hybridized carbons (Fsp3) is 0.148. The Morgan fingerprint density at radius 3 is 2.58 bits per heavy atom. The van der Waals surface area contributed by atoms with E-state index >= 15 is 0 Å². The van der Waals surface area contributed by atoms with Crippen molar-refractivity contribution < 1.29 is 36.0 Å². The molecule has 0 aliphatic rings. The molecule has 0 aliphatic carbocycles. The summed E-state index contributed by atoms with van der Waals surface area (Å²) in [5.41, 5.74) is 0.365. The van der Waals surface area contributed by atoms with Gasteiger partial charge in [0, 0.05) is 6.42 Å². The number of nitrogens with one attached hydrogen (secondary N) is 2. The fourth-order valence-electron chi connectivity index (χ4n) is 4.09. The summed E-state index contributed by atoms with van der Waals surface area (Å²) in [5.74, 6) is -3.39. The Bertz CT molecular complexity index is 2120. The van der Waals surface area contributed by atoms with Crippen LogP contribution in [-0.2, 0) is 32.6 Å². The van der Waals surface area contributed by atoms with Gasteiger partial charge in [0.25, 0.3) is 15.9 Å². The summed E-state index contributed by atoms with van der Waals surface area (Å²) < 4.78 is 66.2. The zero-order valence-corrected chi connectivity index (χ0v) is 27.3. The number of sulfonamides is 1. The normalized spacial score (nSPS) is 12.2. The predicted octanol–water partition coefficient (Wildman–Crippen LogP) is 5.64. The van der Waals surface area contributed by atoms with Crippen LogP contribution in [0.5, 0.6) is 0 Å². The van der Waals surface area contributed by atoms with Gasteiger partial charge in [-0.2, -0.15) is 8.75 Å². The number of esters is 1. The molecule has 2 N–H and O–H groups in total. The zero-order chi connectivity index (χ0) is 32.5. The number of aryl methyl sites for hydroxylation is 1. The molecule has 0 saturated carbocycles. The number of rotatable bonds is 10. The van der Waals surface area contributed by atoms with E-state index in [1.165, 1.54) is 31.2 Å². The van der Waals surface area contributed by atoms with Gasteiger partial charge in [0.1, 0.15) is 27.8 Å². The summed E-state index contributed by atoms with van der Waals surface area (Å²) >= 11 is 16.3. The van der Waals surface area contributed by atoms with Crippen LogP contribution in [-0.4, -0.2) is 35.1 Å². The van der Waals surface area contributed by atoms with Gasteiger partial charge in [0.15, 0.2) is 18.1 Å². The minimum atomic E-state index is -4.34. The van der Waals surface area contributed by atoms with Crippen LogP contribution < -0.4 is 15.9 Å². The number of anilines is 1. The average Bonchev–Trinajstić information content (AvgIpc) is 3.59. The maximum atomic E-state index is 13.9. The number of hydrogen-bond acceptors (Lipinski definition) is 11. The Morgan fingerprint density at radius 2 is 1.87 bits per heavy atom. The highest BCUT2D eigenvalue weighted by Crippen LogP contribution is 2.32. The van der Waals surface area contributed by atoms with E-state index in [-0.39, 0.29) is 54.1 Å². The Morgan fingerprint density at radius 1 is 1.11 bits per heavy atom. The van der Waals surface area contributed by atoms with Crippen LogP contribution in [0.25, 0.3) is 11.0 Å². The second-order valence-corrected chi connectivity index (χ2v) is 13.2. The smallest absolute Gasteiger partial charge is 0.456 e. The minimum Gasteiger partial charge on any atom is -0.456 e. The summed E-state index contributed by atoms with van der Waals surface area (Å²) in [5, 5.41) is 2.37. The largest absolute Gasteiger partial charge is 0.519 e. The summed E-state index contributed by atoms with van der Waals surface area (Å²) in [7, 11) is -4.34. The van der Waals surface area contributed by atoms with Gasteiger partial charge in [-0.05, 0) is 64.8 Å². The quantitative estimate of drug-likeness (QED) is 0.170. The molecule has 18 heteroatoms.